The van der Waals surface area contributed by atoms with Crippen LogP contribution in [0.5, 0.6) is 11.5 Å². The van der Waals surface area contributed by atoms with Crippen LogP contribution in [-0.2, 0) is 0 Å². The number of benzene rings is 1. The van der Waals surface area contributed by atoms with Gasteiger partial charge in [0.05, 0.1) is 19.8 Å². The molecular formula is C23H32N2O3. The van der Waals surface area contributed by atoms with Crippen LogP contribution in [0.25, 0.3) is 0 Å². The van der Waals surface area contributed by atoms with Crippen LogP contribution in [0.4, 0.5) is 0 Å². The minimum absolute atomic E-state index is 0.0564. The van der Waals surface area contributed by atoms with Crippen molar-refractivity contribution in [3.05, 3.63) is 23.8 Å². The van der Waals surface area contributed by atoms with Gasteiger partial charge in [-0.1, -0.05) is 6.07 Å². The molecule has 4 saturated carbocycles. The first-order chi connectivity index (χ1) is 13.6. The van der Waals surface area contributed by atoms with Gasteiger partial charge in [-0.2, -0.15) is 0 Å². The summed E-state index contributed by atoms with van der Waals surface area (Å²) in [5.41, 5.74) is 1.04. The lowest BCUT2D eigenvalue weighted by Crippen LogP contribution is -2.64. The van der Waals surface area contributed by atoms with Crippen LogP contribution in [0.1, 0.15) is 48.9 Å². The number of para-hydroxylation sites is 1. The highest BCUT2D eigenvalue weighted by Crippen LogP contribution is 2.57. The van der Waals surface area contributed by atoms with Crippen LogP contribution >= 0.6 is 0 Å². The van der Waals surface area contributed by atoms with Crippen LogP contribution in [0, 0.1) is 17.8 Å². The summed E-state index contributed by atoms with van der Waals surface area (Å²) in [6.45, 7) is 3.62. The molecule has 0 spiro atoms. The minimum atomic E-state index is 0.0564. The molecule has 4 aliphatic carbocycles. The van der Waals surface area contributed by atoms with Gasteiger partial charge in [0.2, 0.25) is 0 Å². The Labute approximate surface area is 168 Å². The molecule has 0 atom stereocenters. The molecule has 5 aliphatic rings. The molecule has 6 rings (SSSR count). The van der Waals surface area contributed by atoms with Crippen molar-refractivity contribution in [2.24, 2.45) is 17.8 Å². The third kappa shape index (κ3) is 2.90. The number of amides is 1. The van der Waals surface area contributed by atoms with Crippen molar-refractivity contribution in [3.63, 3.8) is 0 Å². The standard InChI is InChI=1S/C23H32N2O3/c1-27-20-5-3-4-19(21(20)28-2)22(26)24-6-8-25(9-7-24)23-13-16-10-17(14-23)12-18(11-16)15-23/h3-5,16-18H,6-15H2,1-2H3. The largest absolute Gasteiger partial charge is 0.493 e. The Morgan fingerprint density at radius 3 is 2.07 bits per heavy atom. The summed E-state index contributed by atoms with van der Waals surface area (Å²) in [4.78, 5) is 17.9. The van der Waals surface area contributed by atoms with E-state index in [1.165, 1.54) is 38.5 Å². The first kappa shape index (κ1) is 18.3. The number of hydrogen-bond donors (Lipinski definition) is 0. The molecule has 5 fully saturated rings. The molecule has 1 aromatic carbocycles. The lowest BCUT2D eigenvalue weighted by Gasteiger charge is -2.61. The summed E-state index contributed by atoms with van der Waals surface area (Å²) >= 11 is 0. The molecule has 0 aromatic heterocycles. The first-order valence-corrected chi connectivity index (χ1v) is 10.9. The normalized spacial score (nSPS) is 34.5. The summed E-state index contributed by atoms with van der Waals surface area (Å²) in [7, 11) is 3.20. The molecule has 28 heavy (non-hydrogen) atoms. The van der Waals surface area contributed by atoms with Crippen LogP contribution < -0.4 is 9.47 Å². The van der Waals surface area contributed by atoms with Gasteiger partial charge in [-0.3, -0.25) is 9.69 Å². The van der Waals surface area contributed by atoms with Gasteiger partial charge in [-0.15, -0.1) is 0 Å². The van der Waals surface area contributed by atoms with Crippen molar-refractivity contribution >= 4 is 5.91 Å². The van der Waals surface area contributed by atoms with Gasteiger partial charge in [-0.25, -0.2) is 0 Å². The Morgan fingerprint density at radius 2 is 1.54 bits per heavy atom. The Morgan fingerprint density at radius 1 is 0.929 bits per heavy atom. The molecule has 152 valence electrons. The fourth-order valence-electron chi connectivity index (χ4n) is 7.06. The topological polar surface area (TPSA) is 42.0 Å². The average Bonchev–Trinajstić information content (AvgIpc) is 2.71. The van der Waals surface area contributed by atoms with Crippen molar-refractivity contribution in [2.75, 3.05) is 40.4 Å². The van der Waals surface area contributed by atoms with E-state index in [0.29, 0.717) is 22.6 Å². The van der Waals surface area contributed by atoms with Gasteiger partial charge in [0, 0.05) is 31.7 Å². The number of hydrogen-bond acceptors (Lipinski definition) is 4. The summed E-state index contributed by atoms with van der Waals surface area (Å²) in [6, 6.07) is 5.54. The smallest absolute Gasteiger partial charge is 0.257 e. The third-order valence-electron chi connectivity index (χ3n) is 7.88. The second-order valence-electron chi connectivity index (χ2n) is 9.46. The Kier molecular flexibility index (Phi) is 4.53. The van der Waals surface area contributed by atoms with Gasteiger partial charge >= 0.3 is 0 Å². The number of piperazine rings is 1. The quantitative estimate of drug-likeness (QED) is 0.798. The van der Waals surface area contributed by atoms with Gasteiger partial charge in [0.25, 0.3) is 5.91 Å². The van der Waals surface area contributed by atoms with Crippen molar-refractivity contribution in [2.45, 2.75) is 44.1 Å². The summed E-state index contributed by atoms with van der Waals surface area (Å²) < 4.78 is 10.8. The molecule has 5 nitrogen and oxygen atoms in total. The lowest BCUT2D eigenvalue weighted by molar-refractivity contribution is -0.0987. The monoisotopic (exact) mass is 384 g/mol. The fourth-order valence-corrected chi connectivity index (χ4v) is 7.06. The number of carbonyl (C=O) groups is 1. The molecular weight excluding hydrogens is 352 g/mol. The van der Waals surface area contributed by atoms with Crippen LogP contribution in [0.15, 0.2) is 18.2 Å². The van der Waals surface area contributed by atoms with Crippen molar-refractivity contribution in [1.82, 2.24) is 9.80 Å². The average molecular weight is 385 g/mol. The minimum Gasteiger partial charge on any atom is -0.493 e. The molecule has 0 unspecified atom stereocenters. The van der Waals surface area contributed by atoms with Gasteiger partial charge in [0.15, 0.2) is 11.5 Å². The lowest BCUT2D eigenvalue weighted by atomic mass is 9.52. The molecule has 0 radical (unpaired) electrons. The maximum atomic E-state index is 13.2. The van der Waals surface area contributed by atoms with Crippen molar-refractivity contribution in [3.8, 4) is 11.5 Å². The van der Waals surface area contributed by atoms with E-state index >= 15 is 0 Å². The second kappa shape index (κ2) is 6.94. The predicted octanol–water partition coefficient (Wildman–Crippen LogP) is 3.43. The Hall–Kier alpha value is -1.75. The molecule has 0 N–H and O–H groups in total. The highest BCUT2D eigenvalue weighted by atomic mass is 16.5. The summed E-state index contributed by atoms with van der Waals surface area (Å²) in [5.74, 6) is 4.10. The zero-order chi connectivity index (χ0) is 19.3. The Balaban J connectivity index is 1.28. The maximum absolute atomic E-state index is 13.2. The Bertz CT molecular complexity index is 719. The number of nitrogens with zero attached hydrogens (tertiary/aromatic N) is 2. The second-order valence-corrected chi connectivity index (χ2v) is 9.46. The van der Waals surface area contributed by atoms with Crippen LogP contribution in [-0.4, -0.2) is 61.6 Å². The fraction of sp³-hybridized carbons (Fsp3) is 0.696. The highest BCUT2D eigenvalue weighted by molar-refractivity contribution is 5.97. The zero-order valence-corrected chi connectivity index (χ0v) is 17.2. The van der Waals surface area contributed by atoms with E-state index < -0.39 is 0 Å². The number of ether oxygens (including phenoxy) is 2. The number of rotatable bonds is 4. The molecule has 4 bridgehead atoms. The molecule has 1 heterocycles. The van der Waals surface area contributed by atoms with Crippen molar-refractivity contribution in [1.29, 1.82) is 0 Å². The van der Waals surface area contributed by atoms with E-state index in [9.17, 15) is 4.79 Å². The molecule has 5 heteroatoms. The van der Waals surface area contributed by atoms with E-state index in [2.05, 4.69) is 4.90 Å². The van der Waals surface area contributed by atoms with E-state index in [0.717, 1.165) is 43.9 Å². The predicted molar refractivity (Wildman–Crippen MR) is 108 cm³/mol. The SMILES string of the molecule is COc1cccc(C(=O)N2CCN(C34CC5CC(CC(C5)C3)C4)CC2)c1OC. The van der Waals surface area contributed by atoms with E-state index in [-0.39, 0.29) is 5.91 Å². The molecule has 1 aromatic rings. The van der Waals surface area contributed by atoms with Crippen LogP contribution in [0.2, 0.25) is 0 Å². The maximum Gasteiger partial charge on any atom is 0.257 e. The highest BCUT2D eigenvalue weighted by Gasteiger charge is 2.53. The van der Waals surface area contributed by atoms with E-state index in [4.69, 9.17) is 9.47 Å². The molecule has 1 amide bonds. The zero-order valence-electron chi connectivity index (χ0n) is 17.2. The summed E-state index contributed by atoms with van der Waals surface area (Å²) in [6.07, 6.45) is 8.64. The molecule has 1 saturated heterocycles. The van der Waals surface area contributed by atoms with Crippen molar-refractivity contribution < 1.29 is 14.3 Å². The summed E-state index contributed by atoms with van der Waals surface area (Å²) in [5, 5.41) is 0. The number of methoxy groups -OCH3 is 2. The number of carbonyl (C=O) groups excluding carboxylic acids is 1. The van der Waals surface area contributed by atoms with Crippen LogP contribution in [0.3, 0.4) is 0 Å². The van der Waals surface area contributed by atoms with E-state index in [1.54, 1.807) is 14.2 Å². The van der Waals surface area contributed by atoms with Gasteiger partial charge in [0.1, 0.15) is 0 Å². The first-order valence-electron chi connectivity index (χ1n) is 10.9. The van der Waals surface area contributed by atoms with E-state index in [1.807, 2.05) is 23.1 Å². The molecule has 1 aliphatic heterocycles. The van der Waals surface area contributed by atoms with Gasteiger partial charge < -0.3 is 14.4 Å². The third-order valence-corrected chi connectivity index (χ3v) is 7.88. The van der Waals surface area contributed by atoms with Gasteiger partial charge in [-0.05, 0) is 68.4 Å².